The van der Waals surface area contributed by atoms with Gasteiger partial charge in [0, 0.05) is 56.5 Å². The van der Waals surface area contributed by atoms with Crippen molar-refractivity contribution in [3.05, 3.63) is 46.8 Å². The number of nitrogens with one attached hydrogen (secondary N) is 1. The summed E-state index contributed by atoms with van der Waals surface area (Å²) in [5.41, 5.74) is -0.494. The second kappa shape index (κ2) is 12.2. The highest BCUT2D eigenvalue weighted by Gasteiger charge is 2.62. The number of benzene rings is 1. The van der Waals surface area contributed by atoms with Gasteiger partial charge < -0.3 is 25.0 Å². The van der Waals surface area contributed by atoms with Crippen LogP contribution in [0.5, 0.6) is 0 Å². The fourth-order valence-corrected chi connectivity index (χ4v) is 10.9. The maximum absolute atomic E-state index is 15.4. The number of ether oxygens (including phenoxy) is 1. The summed E-state index contributed by atoms with van der Waals surface area (Å²) < 4.78 is 36.3. The van der Waals surface area contributed by atoms with Crippen LogP contribution in [0.3, 0.4) is 0 Å². The van der Waals surface area contributed by atoms with Gasteiger partial charge in [-0.3, -0.25) is 9.59 Å². The van der Waals surface area contributed by atoms with Crippen LogP contribution in [0.1, 0.15) is 116 Å². The minimum Gasteiger partial charge on any atom is -0.479 e. The zero-order valence-electron chi connectivity index (χ0n) is 28.9. The van der Waals surface area contributed by atoms with Crippen LogP contribution >= 0.6 is 0 Å². The molecule has 0 radical (unpaired) electrons. The van der Waals surface area contributed by atoms with Gasteiger partial charge in [0.05, 0.1) is 11.7 Å². The first-order valence-electron chi connectivity index (χ1n) is 18.5. The quantitative estimate of drug-likeness (QED) is 0.352. The molecule has 1 saturated heterocycles. The van der Waals surface area contributed by atoms with Crippen LogP contribution in [-0.4, -0.2) is 76.1 Å². The number of halogens is 2. The number of aliphatic carboxylic acids is 1. The van der Waals surface area contributed by atoms with Gasteiger partial charge >= 0.3 is 5.97 Å². The van der Waals surface area contributed by atoms with E-state index in [1.165, 1.54) is 0 Å². The number of nitrogens with zero attached hydrogens (tertiary/aromatic N) is 4. The Bertz CT molecular complexity index is 1670. The molecule has 0 unspecified atom stereocenters. The van der Waals surface area contributed by atoms with Crippen LogP contribution in [0.15, 0.2) is 24.4 Å². The lowest BCUT2D eigenvalue weighted by molar-refractivity contribution is -0.163. The van der Waals surface area contributed by atoms with Crippen LogP contribution in [0.2, 0.25) is 0 Å². The zero-order chi connectivity index (χ0) is 35.0. The molecule has 2 aromatic rings. The Labute approximate surface area is 291 Å². The molecular weight excluding hydrogens is 644 g/mol. The predicted octanol–water partition coefficient (Wildman–Crippen LogP) is 6.20. The van der Waals surface area contributed by atoms with Gasteiger partial charge in [0.15, 0.2) is 0 Å². The molecule has 2 N–H and O–H groups in total. The van der Waals surface area contributed by atoms with E-state index in [0.29, 0.717) is 44.0 Å². The molecule has 3 heterocycles. The average molecular weight is 692 g/mol. The van der Waals surface area contributed by atoms with Crippen LogP contribution in [0, 0.1) is 23.7 Å². The van der Waals surface area contributed by atoms with Crippen molar-refractivity contribution in [1.29, 1.82) is 0 Å². The summed E-state index contributed by atoms with van der Waals surface area (Å²) in [5, 5.41) is 13.3. The number of anilines is 2. The second-order valence-electron chi connectivity index (χ2n) is 16.1. The second-order valence-corrected chi connectivity index (χ2v) is 16.1. The molecule has 2 amide bonds. The number of amides is 2. The standard InChI is InChI=1S/C38H47F2N5O5/c1-36(39,40)31-28(32(46)43-38(34(48)49)25-15-22-14-23(17-25)18-26(38)16-22)20-41-35(42-31)45-21-37(10-4-3-5-11-37)29-19-24(6-7-30(29)45)33(47)44-12-8-27(50-2)9-13-44/h6-7,19-20,22-23,25-27H,3-5,8-18,21H2,1-2H3,(H,43,46)(H,48,49). The number of hydrogen-bond donors (Lipinski definition) is 2. The molecule has 12 heteroatoms. The van der Waals surface area contributed by atoms with Gasteiger partial charge in [0.1, 0.15) is 11.2 Å². The molecule has 5 aliphatic carbocycles. The van der Waals surface area contributed by atoms with Crippen LogP contribution in [-0.2, 0) is 20.9 Å². The molecule has 5 saturated carbocycles. The maximum atomic E-state index is 15.4. The Hall–Kier alpha value is -3.67. The Morgan fingerprint density at radius 3 is 2.26 bits per heavy atom. The molecule has 6 fully saturated rings. The first-order chi connectivity index (χ1) is 23.9. The first-order valence-corrected chi connectivity index (χ1v) is 18.5. The Morgan fingerprint density at radius 2 is 1.66 bits per heavy atom. The molecule has 268 valence electrons. The fraction of sp³-hybridized carbons (Fsp3) is 0.658. The molecule has 1 aromatic heterocycles. The number of methoxy groups -OCH3 is 1. The molecule has 10 nitrogen and oxygen atoms in total. The van der Waals surface area contributed by atoms with Gasteiger partial charge in [0.25, 0.3) is 17.7 Å². The van der Waals surface area contributed by atoms with Gasteiger partial charge in [0.2, 0.25) is 5.95 Å². The molecule has 1 spiro atoms. The number of carbonyl (C=O) groups is 3. The van der Waals surface area contributed by atoms with E-state index in [4.69, 9.17) is 4.74 Å². The lowest BCUT2D eigenvalue weighted by Crippen LogP contribution is -2.70. The van der Waals surface area contributed by atoms with E-state index in [9.17, 15) is 19.5 Å². The maximum Gasteiger partial charge on any atom is 0.330 e. The van der Waals surface area contributed by atoms with Gasteiger partial charge in [-0.1, -0.05) is 19.3 Å². The molecule has 7 aliphatic rings. The van der Waals surface area contributed by atoms with Crippen molar-refractivity contribution in [1.82, 2.24) is 20.2 Å². The van der Waals surface area contributed by atoms with Crippen LogP contribution in [0.4, 0.5) is 20.4 Å². The summed E-state index contributed by atoms with van der Waals surface area (Å²) in [7, 11) is 1.70. The van der Waals surface area contributed by atoms with E-state index < -0.39 is 34.6 Å². The molecule has 50 heavy (non-hydrogen) atoms. The van der Waals surface area contributed by atoms with Gasteiger partial charge in [-0.2, -0.15) is 8.78 Å². The minimum atomic E-state index is -3.50. The number of hydrogen-bond acceptors (Lipinski definition) is 7. The summed E-state index contributed by atoms with van der Waals surface area (Å²) >= 11 is 0. The Balaban J connectivity index is 1.12. The predicted molar refractivity (Wildman–Crippen MR) is 181 cm³/mol. The van der Waals surface area contributed by atoms with E-state index >= 15 is 8.78 Å². The number of piperidine rings is 1. The number of rotatable bonds is 7. The number of aromatic nitrogens is 2. The summed E-state index contributed by atoms with van der Waals surface area (Å²) in [6.07, 6.45) is 11.8. The number of likely N-dealkylation sites (tertiary alicyclic amines) is 1. The highest BCUT2D eigenvalue weighted by atomic mass is 19.3. The lowest BCUT2D eigenvalue weighted by atomic mass is 9.48. The number of carboxylic acids is 1. The Morgan fingerprint density at radius 1 is 1.00 bits per heavy atom. The third-order valence-corrected chi connectivity index (χ3v) is 13.2. The highest BCUT2D eigenvalue weighted by Crippen LogP contribution is 2.58. The number of carboxylic acid groups (broad SMARTS) is 1. The van der Waals surface area contributed by atoms with E-state index in [1.54, 1.807) is 13.2 Å². The third-order valence-electron chi connectivity index (χ3n) is 13.2. The molecule has 4 bridgehead atoms. The number of fused-ring (bicyclic) bond motifs is 2. The van der Waals surface area contributed by atoms with Gasteiger partial charge in [-0.05, 0) is 105 Å². The molecule has 2 aliphatic heterocycles. The van der Waals surface area contributed by atoms with Crippen LogP contribution in [0.25, 0.3) is 0 Å². The van der Waals surface area contributed by atoms with E-state index in [1.807, 2.05) is 21.9 Å². The van der Waals surface area contributed by atoms with Crippen molar-refractivity contribution in [2.75, 3.05) is 31.6 Å². The van der Waals surface area contributed by atoms with Crippen molar-refractivity contribution >= 4 is 29.4 Å². The van der Waals surface area contributed by atoms with Crippen molar-refractivity contribution < 1.29 is 33.0 Å². The van der Waals surface area contributed by atoms with E-state index in [0.717, 1.165) is 94.5 Å². The number of carbonyl (C=O) groups excluding carboxylic acids is 2. The smallest absolute Gasteiger partial charge is 0.330 e. The normalized spacial score (nSPS) is 30.1. The van der Waals surface area contributed by atoms with E-state index in [2.05, 4.69) is 15.3 Å². The Kier molecular flexibility index (Phi) is 8.19. The van der Waals surface area contributed by atoms with Crippen molar-refractivity contribution in [2.45, 2.75) is 107 Å². The van der Waals surface area contributed by atoms with Gasteiger partial charge in [-0.25, -0.2) is 14.8 Å². The zero-order valence-corrected chi connectivity index (χ0v) is 28.9. The molecule has 0 atom stereocenters. The topological polar surface area (TPSA) is 125 Å². The largest absolute Gasteiger partial charge is 0.479 e. The fourth-order valence-electron chi connectivity index (χ4n) is 10.9. The highest BCUT2D eigenvalue weighted by molar-refractivity contribution is 5.99. The lowest BCUT2D eigenvalue weighted by Gasteiger charge is -2.59. The molecular formula is C38H47F2N5O5. The molecule has 9 rings (SSSR count). The first kappa shape index (κ1) is 33.5. The van der Waals surface area contributed by atoms with E-state index in [-0.39, 0.29) is 35.2 Å². The van der Waals surface area contributed by atoms with Crippen LogP contribution < -0.4 is 10.2 Å². The van der Waals surface area contributed by atoms with Gasteiger partial charge in [-0.15, -0.1) is 0 Å². The average Bonchev–Trinajstić information content (AvgIpc) is 3.41. The minimum absolute atomic E-state index is 0.0236. The molecule has 1 aromatic carbocycles. The summed E-state index contributed by atoms with van der Waals surface area (Å²) in [6.45, 7) is 2.44. The van der Waals surface area contributed by atoms with Crippen molar-refractivity contribution in [2.24, 2.45) is 23.7 Å². The number of alkyl halides is 2. The summed E-state index contributed by atoms with van der Waals surface area (Å²) in [6, 6.07) is 5.66. The monoisotopic (exact) mass is 691 g/mol. The third kappa shape index (κ3) is 5.38. The van der Waals surface area contributed by atoms with Crippen molar-refractivity contribution in [3.8, 4) is 0 Å². The van der Waals surface area contributed by atoms with Crippen molar-refractivity contribution in [3.63, 3.8) is 0 Å². The summed E-state index contributed by atoms with van der Waals surface area (Å²) in [4.78, 5) is 53.1. The SMILES string of the molecule is COC1CCN(C(=O)c2ccc3c(c2)C2(CCCCC2)CN3c2ncc(C(=O)NC3(C(=O)O)C4CC5CC(C4)CC3C5)c(C(C)(F)F)n2)CC1. The summed E-state index contributed by atoms with van der Waals surface area (Å²) in [5.74, 6) is -4.97.